The number of thioether (sulfide) groups is 1. The molecule has 1 N–H and O–H groups in total. The smallest absolute Gasteiger partial charge is 0.338 e. The Bertz CT molecular complexity index is 1020. The number of fused-ring (bicyclic) bond motifs is 1. The van der Waals surface area contributed by atoms with Gasteiger partial charge in [0, 0.05) is 21.8 Å². The molecule has 1 aliphatic heterocycles. The summed E-state index contributed by atoms with van der Waals surface area (Å²) in [6.45, 7) is 4.41. The summed E-state index contributed by atoms with van der Waals surface area (Å²) < 4.78 is 22.7. The summed E-state index contributed by atoms with van der Waals surface area (Å²) >= 11 is 1.50. The third-order valence-corrected chi connectivity index (χ3v) is 7.01. The Hall–Kier alpha value is -2.87. The van der Waals surface area contributed by atoms with E-state index in [2.05, 4.69) is 0 Å². The SMILES string of the molecule is COc1ccc(-c2cccc3c2COC3=O)c(OCC(C)(C)C(CC(=O)O)SC)c1OC. The van der Waals surface area contributed by atoms with Crippen LogP contribution in [0.5, 0.6) is 17.2 Å². The molecule has 0 radical (unpaired) electrons. The summed E-state index contributed by atoms with van der Waals surface area (Å²) in [5.74, 6) is 0.227. The molecule has 0 bridgehead atoms. The molecule has 2 aromatic carbocycles. The summed E-state index contributed by atoms with van der Waals surface area (Å²) in [5, 5.41) is 9.14. The van der Waals surface area contributed by atoms with Crippen molar-refractivity contribution < 1.29 is 33.6 Å². The van der Waals surface area contributed by atoms with Gasteiger partial charge in [-0.25, -0.2) is 4.79 Å². The number of methoxy groups -OCH3 is 2. The zero-order chi connectivity index (χ0) is 23.5. The van der Waals surface area contributed by atoms with Crippen LogP contribution in [-0.2, 0) is 16.1 Å². The lowest BCUT2D eigenvalue weighted by Gasteiger charge is -2.32. The molecule has 172 valence electrons. The van der Waals surface area contributed by atoms with E-state index in [0.717, 1.165) is 16.7 Å². The Balaban J connectivity index is 2.05. The molecule has 1 heterocycles. The van der Waals surface area contributed by atoms with Gasteiger partial charge in [-0.1, -0.05) is 26.0 Å². The average Bonchev–Trinajstić information content (AvgIpc) is 3.16. The largest absolute Gasteiger partial charge is 0.493 e. The van der Waals surface area contributed by atoms with Crippen LogP contribution in [0.15, 0.2) is 30.3 Å². The van der Waals surface area contributed by atoms with Crippen LogP contribution in [0.3, 0.4) is 0 Å². The number of hydrogen-bond acceptors (Lipinski definition) is 7. The van der Waals surface area contributed by atoms with Crippen LogP contribution in [0.2, 0.25) is 0 Å². The number of carbonyl (C=O) groups excluding carboxylic acids is 1. The molecule has 3 rings (SSSR count). The quantitative estimate of drug-likeness (QED) is 0.512. The molecule has 0 aliphatic carbocycles. The normalized spacial score (nSPS) is 13.8. The fourth-order valence-corrected chi connectivity index (χ4v) is 4.86. The Labute approximate surface area is 192 Å². The summed E-state index contributed by atoms with van der Waals surface area (Å²) in [4.78, 5) is 23.4. The van der Waals surface area contributed by atoms with E-state index in [9.17, 15) is 14.7 Å². The Kier molecular flexibility index (Phi) is 7.23. The van der Waals surface area contributed by atoms with Gasteiger partial charge in [-0.05, 0) is 30.0 Å². The third kappa shape index (κ3) is 4.65. The summed E-state index contributed by atoms with van der Waals surface area (Å²) in [6.07, 6.45) is 1.93. The van der Waals surface area contributed by atoms with Gasteiger partial charge in [-0.2, -0.15) is 11.8 Å². The monoisotopic (exact) mass is 460 g/mol. The molecule has 0 saturated carbocycles. The number of carboxylic acid groups (broad SMARTS) is 1. The van der Waals surface area contributed by atoms with Crippen molar-refractivity contribution in [3.8, 4) is 28.4 Å². The lowest BCUT2D eigenvalue weighted by molar-refractivity contribution is -0.137. The predicted molar refractivity (Wildman–Crippen MR) is 123 cm³/mol. The molecule has 7 nitrogen and oxygen atoms in total. The molecule has 0 saturated heterocycles. The molecule has 1 atom stereocenters. The van der Waals surface area contributed by atoms with Crippen molar-refractivity contribution in [2.24, 2.45) is 5.41 Å². The second kappa shape index (κ2) is 9.73. The minimum atomic E-state index is -0.846. The maximum Gasteiger partial charge on any atom is 0.338 e. The van der Waals surface area contributed by atoms with E-state index >= 15 is 0 Å². The lowest BCUT2D eigenvalue weighted by atomic mass is 9.88. The number of carbonyl (C=O) groups is 2. The number of aliphatic carboxylic acids is 1. The highest BCUT2D eigenvalue weighted by Crippen LogP contribution is 2.47. The van der Waals surface area contributed by atoms with Gasteiger partial charge in [0.1, 0.15) is 6.61 Å². The molecule has 1 unspecified atom stereocenters. The summed E-state index contributed by atoms with van der Waals surface area (Å²) in [5.41, 5.74) is 2.44. The van der Waals surface area contributed by atoms with E-state index in [4.69, 9.17) is 18.9 Å². The predicted octanol–water partition coefficient (Wildman–Crippen LogP) is 4.65. The molecule has 8 heteroatoms. The van der Waals surface area contributed by atoms with Gasteiger partial charge in [0.05, 0.1) is 32.8 Å². The van der Waals surface area contributed by atoms with Crippen LogP contribution < -0.4 is 14.2 Å². The van der Waals surface area contributed by atoms with Crippen molar-refractivity contribution in [1.82, 2.24) is 0 Å². The third-order valence-electron chi connectivity index (χ3n) is 5.64. The second-order valence-electron chi connectivity index (χ2n) is 8.19. The van der Waals surface area contributed by atoms with Gasteiger partial charge in [0.15, 0.2) is 11.5 Å². The van der Waals surface area contributed by atoms with Crippen LogP contribution in [0, 0.1) is 5.41 Å². The summed E-state index contributed by atoms with van der Waals surface area (Å²) in [6, 6.07) is 9.12. The fourth-order valence-electron chi connectivity index (χ4n) is 3.84. The zero-order valence-electron chi connectivity index (χ0n) is 18.9. The van der Waals surface area contributed by atoms with Crippen molar-refractivity contribution in [3.05, 3.63) is 41.5 Å². The first-order valence-electron chi connectivity index (χ1n) is 10.1. The highest BCUT2D eigenvalue weighted by atomic mass is 32.2. The van der Waals surface area contributed by atoms with Crippen LogP contribution in [-0.4, -0.2) is 49.4 Å². The molecule has 1 aliphatic rings. The van der Waals surface area contributed by atoms with E-state index in [1.54, 1.807) is 19.2 Å². The van der Waals surface area contributed by atoms with Crippen molar-refractivity contribution in [2.75, 3.05) is 27.1 Å². The van der Waals surface area contributed by atoms with Crippen molar-refractivity contribution >= 4 is 23.7 Å². The number of rotatable bonds is 10. The topological polar surface area (TPSA) is 91.3 Å². The first kappa shape index (κ1) is 23.8. The number of cyclic esters (lactones) is 1. The van der Waals surface area contributed by atoms with Crippen LogP contribution in [0.4, 0.5) is 0 Å². The van der Waals surface area contributed by atoms with Crippen molar-refractivity contribution in [1.29, 1.82) is 0 Å². The highest BCUT2D eigenvalue weighted by Gasteiger charge is 2.33. The van der Waals surface area contributed by atoms with Gasteiger partial charge in [0.25, 0.3) is 0 Å². The molecular weight excluding hydrogens is 432 g/mol. The lowest BCUT2D eigenvalue weighted by Crippen LogP contribution is -2.34. The first-order chi connectivity index (χ1) is 15.2. The highest BCUT2D eigenvalue weighted by molar-refractivity contribution is 7.99. The van der Waals surface area contributed by atoms with E-state index < -0.39 is 11.4 Å². The number of ether oxygens (including phenoxy) is 4. The van der Waals surface area contributed by atoms with Crippen molar-refractivity contribution in [2.45, 2.75) is 32.1 Å². The average molecular weight is 461 g/mol. The van der Waals surface area contributed by atoms with Gasteiger partial charge >= 0.3 is 11.9 Å². The summed E-state index contributed by atoms with van der Waals surface area (Å²) in [7, 11) is 3.09. The van der Waals surface area contributed by atoms with Crippen LogP contribution >= 0.6 is 11.8 Å². The molecular formula is C24H28O7S. The Morgan fingerprint density at radius 3 is 2.47 bits per heavy atom. The van der Waals surface area contributed by atoms with E-state index in [1.165, 1.54) is 18.9 Å². The molecule has 0 spiro atoms. The number of carboxylic acids is 1. The molecule has 0 aromatic heterocycles. The van der Waals surface area contributed by atoms with Gasteiger partial charge < -0.3 is 24.1 Å². The van der Waals surface area contributed by atoms with Crippen molar-refractivity contribution in [3.63, 3.8) is 0 Å². The van der Waals surface area contributed by atoms with E-state index in [-0.39, 0.29) is 30.9 Å². The van der Waals surface area contributed by atoms with Gasteiger partial charge in [-0.3, -0.25) is 4.79 Å². The fraction of sp³-hybridized carbons (Fsp3) is 0.417. The first-order valence-corrected chi connectivity index (χ1v) is 11.4. The Morgan fingerprint density at radius 1 is 1.12 bits per heavy atom. The standard InChI is InChI=1S/C24H28O7S/c1-24(2,19(32-5)11-20(25)26)13-31-21-15(9-10-18(28-3)22(21)29-4)14-7-6-8-16-17(14)12-30-23(16)27/h6-10,19H,11-13H2,1-5H3,(H,25,26). The van der Waals surface area contributed by atoms with Gasteiger partial charge in [0.2, 0.25) is 5.75 Å². The second-order valence-corrected chi connectivity index (χ2v) is 9.23. The molecule has 0 amide bonds. The van der Waals surface area contributed by atoms with Crippen LogP contribution in [0.25, 0.3) is 11.1 Å². The minimum Gasteiger partial charge on any atom is -0.493 e. The minimum absolute atomic E-state index is 0.0330. The molecule has 0 fully saturated rings. The van der Waals surface area contributed by atoms with E-state index in [0.29, 0.717) is 22.8 Å². The van der Waals surface area contributed by atoms with Crippen LogP contribution in [0.1, 0.15) is 36.2 Å². The maximum atomic E-state index is 12.1. The number of esters is 1. The van der Waals surface area contributed by atoms with Gasteiger partial charge in [-0.15, -0.1) is 0 Å². The molecule has 2 aromatic rings. The number of hydrogen-bond donors (Lipinski definition) is 1. The molecule has 32 heavy (non-hydrogen) atoms. The zero-order valence-corrected chi connectivity index (χ0v) is 19.7. The number of benzene rings is 2. The maximum absolute atomic E-state index is 12.1. The Morgan fingerprint density at radius 2 is 1.84 bits per heavy atom. The van der Waals surface area contributed by atoms with E-state index in [1.807, 2.05) is 38.3 Å².